The van der Waals surface area contributed by atoms with Gasteiger partial charge in [0, 0.05) is 10.7 Å². The summed E-state index contributed by atoms with van der Waals surface area (Å²) in [6, 6.07) is 12.4. The minimum atomic E-state index is -1.30. The number of benzene rings is 2. The molecule has 0 bridgehead atoms. The highest BCUT2D eigenvalue weighted by atomic mass is 35.5. The van der Waals surface area contributed by atoms with Crippen LogP contribution >= 0.6 is 11.6 Å². The van der Waals surface area contributed by atoms with Crippen molar-refractivity contribution in [1.82, 2.24) is 0 Å². The number of para-hydroxylation sites is 2. The van der Waals surface area contributed by atoms with Crippen LogP contribution in [0, 0.1) is 12.3 Å². The Kier molecular flexibility index (Phi) is 6.50. The number of nitrogens with one attached hydrogen (secondary N) is 2. The van der Waals surface area contributed by atoms with Crippen LogP contribution in [0.5, 0.6) is 5.75 Å². The maximum atomic E-state index is 12.8. The number of rotatable bonds is 6. The zero-order valence-electron chi connectivity index (χ0n) is 16.2. The minimum absolute atomic E-state index is 0.0364. The number of hydrogen-bond donors (Lipinski definition) is 2. The molecule has 2 aromatic carbocycles. The number of hydrogen-bond acceptors (Lipinski definition) is 3. The fraction of sp³-hybridized carbons (Fsp3) is 0.333. The average Bonchev–Trinajstić information content (AvgIpc) is 2.59. The van der Waals surface area contributed by atoms with Gasteiger partial charge in [-0.1, -0.05) is 29.8 Å². The van der Waals surface area contributed by atoms with Gasteiger partial charge in [-0.15, -0.1) is 0 Å². The highest BCUT2D eigenvalue weighted by Gasteiger charge is 2.36. The Morgan fingerprint density at radius 2 is 1.67 bits per heavy atom. The van der Waals surface area contributed by atoms with Gasteiger partial charge in [-0.05, 0) is 64.4 Å². The third kappa shape index (κ3) is 5.23. The molecule has 0 radical (unpaired) electrons. The lowest BCUT2D eigenvalue weighted by Gasteiger charge is -2.24. The van der Waals surface area contributed by atoms with E-state index in [-0.39, 0.29) is 6.10 Å². The fourth-order valence-electron chi connectivity index (χ4n) is 2.27. The summed E-state index contributed by atoms with van der Waals surface area (Å²) in [5, 5.41) is 6.09. The molecule has 0 aliphatic carbocycles. The molecule has 0 aliphatic heterocycles. The molecule has 0 saturated carbocycles. The van der Waals surface area contributed by atoms with E-state index < -0.39 is 17.2 Å². The zero-order chi connectivity index (χ0) is 20.2. The molecule has 2 N–H and O–H groups in total. The number of anilines is 2. The standard InChI is InChI=1S/C21H25ClN2O3/c1-13(2)27-18-9-7-6-8-17(18)24-20(26)21(4,5)19(25)23-15-11-10-14(3)16(22)12-15/h6-13H,1-5H3,(H,23,25)(H,24,26). The molecule has 0 heterocycles. The predicted octanol–water partition coefficient (Wildman–Crippen LogP) is 5.04. The monoisotopic (exact) mass is 388 g/mol. The molecule has 2 amide bonds. The second kappa shape index (κ2) is 8.44. The molecule has 0 aliphatic rings. The van der Waals surface area contributed by atoms with E-state index in [2.05, 4.69) is 10.6 Å². The summed E-state index contributed by atoms with van der Waals surface area (Å²) in [5.74, 6) is -0.303. The molecular formula is C21H25ClN2O3. The molecule has 6 heteroatoms. The van der Waals surface area contributed by atoms with E-state index in [9.17, 15) is 9.59 Å². The van der Waals surface area contributed by atoms with Gasteiger partial charge in [0.1, 0.15) is 11.2 Å². The largest absolute Gasteiger partial charge is 0.489 e. The number of carbonyl (C=O) groups is 2. The van der Waals surface area contributed by atoms with Crippen molar-refractivity contribution in [1.29, 1.82) is 0 Å². The lowest BCUT2D eigenvalue weighted by atomic mass is 9.90. The second-order valence-electron chi connectivity index (χ2n) is 7.16. The first-order chi connectivity index (χ1) is 12.6. The minimum Gasteiger partial charge on any atom is -0.489 e. The smallest absolute Gasteiger partial charge is 0.239 e. The van der Waals surface area contributed by atoms with Gasteiger partial charge in [-0.2, -0.15) is 0 Å². The van der Waals surface area contributed by atoms with Crippen LogP contribution < -0.4 is 15.4 Å². The van der Waals surface area contributed by atoms with Crippen LogP contribution in [0.25, 0.3) is 0 Å². The number of amides is 2. The van der Waals surface area contributed by atoms with Crippen LogP contribution in [0.1, 0.15) is 33.3 Å². The Hall–Kier alpha value is -2.53. The molecule has 0 saturated heterocycles. The van der Waals surface area contributed by atoms with E-state index in [0.29, 0.717) is 22.1 Å². The Balaban J connectivity index is 2.14. The Labute approximate surface area is 165 Å². The van der Waals surface area contributed by atoms with Crippen LogP contribution in [0.4, 0.5) is 11.4 Å². The van der Waals surface area contributed by atoms with Crippen molar-refractivity contribution in [3.05, 3.63) is 53.1 Å². The van der Waals surface area contributed by atoms with E-state index in [1.165, 1.54) is 0 Å². The molecule has 0 unspecified atom stereocenters. The van der Waals surface area contributed by atoms with E-state index in [1.807, 2.05) is 32.9 Å². The summed E-state index contributed by atoms with van der Waals surface area (Å²) in [6.45, 7) is 8.83. The van der Waals surface area contributed by atoms with Gasteiger partial charge in [0.2, 0.25) is 11.8 Å². The number of halogens is 1. The molecule has 0 spiro atoms. The van der Waals surface area contributed by atoms with E-state index in [1.54, 1.807) is 44.2 Å². The van der Waals surface area contributed by atoms with E-state index >= 15 is 0 Å². The van der Waals surface area contributed by atoms with Gasteiger partial charge in [-0.25, -0.2) is 0 Å². The van der Waals surface area contributed by atoms with Gasteiger partial charge in [0.05, 0.1) is 11.8 Å². The fourth-order valence-corrected chi connectivity index (χ4v) is 2.45. The summed E-state index contributed by atoms with van der Waals surface area (Å²) in [7, 11) is 0. The number of ether oxygens (including phenoxy) is 1. The SMILES string of the molecule is Cc1ccc(NC(=O)C(C)(C)C(=O)Nc2ccccc2OC(C)C)cc1Cl. The third-order valence-corrected chi connectivity index (χ3v) is 4.47. The van der Waals surface area contributed by atoms with Gasteiger partial charge in [0.15, 0.2) is 0 Å². The molecular weight excluding hydrogens is 364 g/mol. The van der Waals surface area contributed by atoms with Gasteiger partial charge >= 0.3 is 0 Å². The molecule has 0 fully saturated rings. The van der Waals surface area contributed by atoms with Crippen molar-refractivity contribution in [3.8, 4) is 5.75 Å². The summed E-state index contributed by atoms with van der Waals surface area (Å²) in [4.78, 5) is 25.4. The van der Waals surface area contributed by atoms with Crippen LogP contribution in [-0.4, -0.2) is 17.9 Å². The maximum absolute atomic E-state index is 12.8. The van der Waals surface area contributed by atoms with Crippen LogP contribution in [-0.2, 0) is 9.59 Å². The van der Waals surface area contributed by atoms with Crippen LogP contribution in [0.3, 0.4) is 0 Å². The Morgan fingerprint density at radius 3 is 2.30 bits per heavy atom. The first kappa shape index (κ1) is 20.8. The Morgan fingerprint density at radius 1 is 1.04 bits per heavy atom. The van der Waals surface area contributed by atoms with Crippen molar-refractivity contribution in [3.63, 3.8) is 0 Å². The number of carbonyl (C=O) groups excluding carboxylic acids is 2. The highest BCUT2D eigenvalue weighted by Crippen LogP contribution is 2.28. The summed E-state index contributed by atoms with van der Waals surface area (Å²) < 4.78 is 5.71. The lowest BCUT2D eigenvalue weighted by molar-refractivity contribution is -0.135. The molecule has 27 heavy (non-hydrogen) atoms. The average molecular weight is 389 g/mol. The van der Waals surface area contributed by atoms with Crippen LogP contribution in [0.2, 0.25) is 5.02 Å². The van der Waals surface area contributed by atoms with Gasteiger partial charge in [0.25, 0.3) is 0 Å². The molecule has 2 rings (SSSR count). The van der Waals surface area contributed by atoms with Gasteiger partial charge < -0.3 is 15.4 Å². The quantitative estimate of drug-likeness (QED) is 0.681. The van der Waals surface area contributed by atoms with Crippen molar-refractivity contribution in [2.75, 3.05) is 10.6 Å². The normalized spacial score (nSPS) is 11.2. The first-order valence-electron chi connectivity index (χ1n) is 8.76. The van der Waals surface area contributed by atoms with Crippen molar-refractivity contribution in [2.45, 2.75) is 40.7 Å². The lowest BCUT2D eigenvalue weighted by Crippen LogP contribution is -2.41. The summed E-state index contributed by atoms with van der Waals surface area (Å²) >= 11 is 6.10. The van der Waals surface area contributed by atoms with Crippen molar-refractivity contribution in [2.24, 2.45) is 5.41 Å². The zero-order valence-corrected chi connectivity index (χ0v) is 17.0. The molecule has 0 atom stereocenters. The van der Waals surface area contributed by atoms with Crippen molar-refractivity contribution < 1.29 is 14.3 Å². The molecule has 2 aromatic rings. The first-order valence-corrected chi connectivity index (χ1v) is 9.14. The number of aryl methyl sites for hydroxylation is 1. The topological polar surface area (TPSA) is 67.4 Å². The Bertz CT molecular complexity index is 847. The van der Waals surface area contributed by atoms with Crippen LogP contribution in [0.15, 0.2) is 42.5 Å². The summed E-state index contributed by atoms with van der Waals surface area (Å²) in [5.41, 5.74) is 0.673. The van der Waals surface area contributed by atoms with Gasteiger partial charge in [-0.3, -0.25) is 9.59 Å². The third-order valence-electron chi connectivity index (χ3n) is 4.06. The van der Waals surface area contributed by atoms with E-state index in [4.69, 9.17) is 16.3 Å². The molecule has 5 nitrogen and oxygen atoms in total. The second-order valence-corrected chi connectivity index (χ2v) is 7.57. The highest BCUT2D eigenvalue weighted by molar-refractivity contribution is 6.31. The maximum Gasteiger partial charge on any atom is 0.239 e. The summed E-state index contributed by atoms with van der Waals surface area (Å²) in [6.07, 6.45) is -0.0364. The van der Waals surface area contributed by atoms with E-state index in [0.717, 1.165) is 5.56 Å². The van der Waals surface area contributed by atoms with Crippen molar-refractivity contribution >= 4 is 34.8 Å². The molecule has 0 aromatic heterocycles. The molecule has 144 valence electrons. The predicted molar refractivity (Wildman–Crippen MR) is 109 cm³/mol.